The van der Waals surface area contributed by atoms with Crippen molar-refractivity contribution in [3.05, 3.63) is 29.6 Å². The quantitative estimate of drug-likeness (QED) is 0.860. The maximum atomic E-state index is 10.9. The number of ether oxygens (including phenoxy) is 1. The van der Waals surface area contributed by atoms with Gasteiger partial charge in [0.05, 0.1) is 18.4 Å². The van der Waals surface area contributed by atoms with Crippen LogP contribution in [-0.2, 0) is 22.5 Å². The van der Waals surface area contributed by atoms with Crippen molar-refractivity contribution < 1.29 is 9.53 Å². The van der Waals surface area contributed by atoms with E-state index < -0.39 is 0 Å². The van der Waals surface area contributed by atoms with Gasteiger partial charge in [0, 0.05) is 39.3 Å². The van der Waals surface area contributed by atoms with E-state index in [1.54, 1.807) is 6.92 Å². The Kier molecular flexibility index (Phi) is 6.14. The molecule has 1 fully saturated rings. The van der Waals surface area contributed by atoms with Crippen LogP contribution in [-0.4, -0.2) is 48.1 Å². The van der Waals surface area contributed by atoms with Crippen LogP contribution in [0.4, 0.5) is 0 Å². The average Bonchev–Trinajstić information content (AvgIpc) is 2.48. The maximum absolute atomic E-state index is 10.9. The van der Waals surface area contributed by atoms with Crippen molar-refractivity contribution in [3.8, 4) is 0 Å². The summed E-state index contributed by atoms with van der Waals surface area (Å²) in [6, 6.07) is 4.26. The molecule has 1 aliphatic heterocycles. The first-order chi connectivity index (χ1) is 10.2. The predicted octanol–water partition coefficient (Wildman–Crippen LogP) is 1.37. The fraction of sp³-hybridized carbons (Fsp3) is 0.625. The summed E-state index contributed by atoms with van der Waals surface area (Å²) >= 11 is 0. The van der Waals surface area contributed by atoms with Crippen LogP contribution >= 0.6 is 0 Å². The van der Waals surface area contributed by atoms with Gasteiger partial charge in [0.15, 0.2) is 0 Å². The van der Waals surface area contributed by atoms with E-state index in [2.05, 4.69) is 34.3 Å². The smallest absolute Gasteiger partial charge is 0.216 e. The summed E-state index contributed by atoms with van der Waals surface area (Å²) in [5.41, 5.74) is 2.38. The molecule has 1 amide bonds. The zero-order valence-corrected chi connectivity index (χ0v) is 13.0. The van der Waals surface area contributed by atoms with Gasteiger partial charge in [0.1, 0.15) is 0 Å². The molecule has 1 aromatic rings. The van der Waals surface area contributed by atoms with Gasteiger partial charge in [-0.1, -0.05) is 13.0 Å². The van der Waals surface area contributed by atoms with Crippen LogP contribution in [0.2, 0.25) is 0 Å². The Hall–Kier alpha value is -1.46. The second kappa shape index (κ2) is 8.10. The molecule has 1 saturated heterocycles. The number of carbonyl (C=O) groups is 1. The summed E-state index contributed by atoms with van der Waals surface area (Å²) in [6.45, 7) is 7.81. The molecule has 5 heteroatoms. The molecule has 1 atom stereocenters. The number of aromatic nitrogens is 1. The third-order valence-corrected chi connectivity index (χ3v) is 3.74. The molecule has 116 valence electrons. The number of carbonyl (C=O) groups excluding carboxylic acids is 1. The Morgan fingerprint density at radius 3 is 3.05 bits per heavy atom. The number of pyridine rings is 1. The van der Waals surface area contributed by atoms with Crippen molar-refractivity contribution >= 4 is 5.91 Å². The van der Waals surface area contributed by atoms with Crippen LogP contribution in [0.15, 0.2) is 18.3 Å². The van der Waals surface area contributed by atoms with Gasteiger partial charge < -0.3 is 10.1 Å². The van der Waals surface area contributed by atoms with E-state index in [9.17, 15) is 4.79 Å². The van der Waals surface area contributed by atoms with Gasteiger partial charge in [-0.3, -0.25) is 14.7 Å². The number of hydrogen-bond acceptors (Lipinski definition) is 4. The molecule has 0 saturated carbocycles. The molecule has 21 heavy (non-hydrogen) atoms. The summed E-state index contributed by atoms with van der Waals surface area (Å²) in [5, 5.41) is 2.82. The first-order valence-electron chi connectivity index (χ1n) is 7.69. The van der Waals surface area contributed by atoms with E-state index in [4.69, 9.17) is 4.74 Å². The molecule has 1 aliphatic rings. The van der Waals surface area contributed by atoms with Crippen LogP contribution in [0.25, 0.3) is 0 Å². The molecule has 5 nitrogen and oxygen atoms in total. The molecule has 1 N–H and O–H groups in total. The normalized spacial score (nSPS) is 19.4. The van der Waals surface area contributed by atoms with Gasteiger partial charge in [0.2, 0.25) is 5.91 Å². The van der Waals surface area contributed by atoms with Crippen molar-refractivity contribution in [2.75, 3.05) is 26.2 Å². The molecule has 0 radical (unpaired) electrons. The Balaban J connectivity index is 1.78. The number of amides is 1. The molecular weight excluding hydrogens is 266 g/mol. The monoisotopic (exact) mass is 291 g/mol. The molecule has 2 rings (SSSR count). The van der Waals surface area contributed by atoms with Crippen LogP contribution < -0.4 is 5.32 Å². The standard InChI is InChI=1S/C16H25N3O2/c1-3-14-4-5-15(18-10-14)11-19-8-9-21-16(12-19)6-7-17-13(2)20/h4-5,10,16H,3,6-9,11-12H2,1-2H3,(H,17,20)/t16-/m1/s1. The maximum Gasteiger partial charge on any atom is 0.216 e. The van der Waals surface area contributed by atoms with Gasteiger partial charge in [-0.2, -0.15) is 0 Å². The Bertz CT molecular complexity index is 447. The third kappa shape index (κ3) is 5.44. The van der Waals surface area contributed by atoms with Gasteiger partial charge in [-0.15, -0.1) is 0 Å². The fourth-order valence-electron chi connectivity index (χ4n) is 2.49. The molecule has 0 spiro atoms. The number of nitrogens with zero attached hydrogens (tertiary/aromatic N) is 2. The predicted molar refractivity (Wildman–Crippen MR) is 81.9 cm³/mol. The van der Waals surface area contributed by atoms with E-state index in [1.165, 1.54) is 5.56 Å². The van der Waals surface area contributed by atoms with E-state index >= 15 is 0 Å². The first-order valence-corrected chi connectivity index (χ1v) is 7.69. The largest absolute Gasteiger partial charge is 0.375 e. The molecule has 1 aromatic heterocycles. The first kappa shape index (κ1) is 15.9. The highest BCUT2D eigenvalue weighted by Crippen LogP contribution is 2.12. The number of morpholine rings is 1. The molecular formula is C16H25N3O2. The number of rotatable bonds is 6. The summed E-state index contributed by atoms with van der Waals surface area (Å²) in [5.74, 6) is 0.0166. The average molecular weight is 291 g/mol. The molecule has 0 bridgehead atoms. The highest BCUT2D eigenvalue weighted by molar-refractivity contribution is 5.72. The lowest BCUT2D eigenvalue weighted by Gasteiger charge is -2.32. The highest BCUT2D eigenvalue weighted by atomic mass is 16.5. The summed E-state index contributed by atoms with van der Waals surface area (Å²) in [6.07, 6.45) is 4.04. The fourth-order valence-corrected chi connectivity index (χ4v) is 2.49. The third-order valence-electron chi connectivity index (χ3n) is 3.74. The van der Waals surface area contributed by atoms with Crippen LogP contribution in [0.1, 0.15) is 31.5 Å². The van der Waals surface area contributed by atoms with Crippen molar-refractivity contribution in [1.82, 2.24) is 15.2 Å². The second-order valence-electron chi connectivity index (χ2n) is 5.51. The van der Waals surface area contributed by atoms with E-state index in [1.807, 2.05) is 6.20 Å². The minimum absolute atomic E-state index is 0.0166. The lowest BCUT2D eigenvalue weighted by molar-refractivity contribution is -0.119. The van der Waals surface area contributed by atoms with Gasteiger partial charge >= 0.3 is 0 Å². The second-order valence-corrected chi connectivity index (χ2v) is 5.51. The Labute approximate surface area is 126 Å². The van der Waals surface area contributed by atoms with Gasteiger partial charge in [-0.05, 0) is 24.5 Å². The van der Waals surface area contributed by atoms with Crippen molar-refractivity contribution in [3.63, 3.8) is 0 Å². The van der Waals surface area contributed by atoms with E-state index in [-0.39, 0.29) is 12.0 Å². The number of hydrogen-bond donors (Lipinski definition) is 1. The molecule has 0 aliphatic carbocycles. The minimum Gasteiger partial charge on any atom is -0.375 e. The van der Waals surface area contributed by atoms with Gasteiger partial charge in [0.25, 0.3) is 0 Å². The Morgan fingerprint density at radius 2 is 2.38 bits per heavy atom. The lowest BCUT2D eigenvalue weighted by Crippen LogP contribution is -2.43. The molecule has 0 unspecified atom stereocenters. The highest BCUT2D eigenvalue weighted by Gasteiger charge is 2.20. The van der Waals surface area contributed by atoms with Crippen molar-refractivity contribution in [2.45, 2.75) is 39.3 Å². The SMILES string of the molecule is CCc1ccc(CN2CCO[C@H](CCNC(C)=O)C2)nc1. The van der Waals surface area contributed by atoms with Gasteiger partial charge in [-0.25, -0.2) is 0 Å². The lowest BCUT2D eigenvalue weighted by atomic mass is 10.2. The zero-order valence-electron chi connectivity index (χ0n) is 13.0. The van der Waals surface area contributed by atoms with E-state index in [0.29, 0.717) is 6.54 Å². The van der Waals surface area contributed by atoms with Crippen LogP contribution in [0, 0.1) is 0 Å². The van der Waals surface area contributed by atoms with Crippen molar-refractivity contribution in [2.24, 2.45) is 0 Å². The Morgan fingerprint density at radius 1 is 1.52 bits per heavy atom. The minimum atomic E-state index is 0.0166. The zero-order chi connectivity index (χ0) is 15.1. The molecule has 2 heterocycles. The number of nitrogens with one attached hydrogen (secondary N) is 1. The van der Waals surface area contributed by atoms with E-state index in [0.717, 1.165) is 44.8 Å². The topological polar surface area (TPSA) is 54.5 Å². The molecule has 0 aromatic carbocycles. The van der Waals surface area contributed by atoms with Crippen LogP contribution in [0.3, 0.4) is 0 Å². The summed E-state index contributed by atoms with van der Waals surface area (Å²) < 4.78 is 5.75. The summed E-state index contributed by atoms with van der Waals surface area (Å²) in [4.78, 5) is 17.8. The summed E-state index contributed by atoms with van der Waals surface area (Å²) in [7, 11) is 0. The number of aryl methyl sites for hydroxylation is 1. The van der Waals surface area contributed by atoms with Crippen LogP contribution in [0.5, 0.6) is 0 Å². The van der Waals surface area contributed by atoms with Crippen molar-refractivity contribution in [1.29, 1.82) is 0 Å².